The van der Waals surface area contributed by atoms with Crippen LogP contribution in [0.15, 0.2) is 59.3 Å². The predicted octanol–water partition coefficient (Wildman–Crippen LogP) is 3.73. The standard InChI is InChI=1S/C21H20BrN5O2/c22-16-6-7-18(23-12-16)25-20(28)15-8-10-27(11-9-15)21(29)17-13-24-26-19(17)14-4-2-1-3-5-14/h1-7,12-13,15H,8-11H2,(H,24,26)(H,23,25,28). The molecule has 0 bridgehead atoms. The van der Waals surface area contributed by atoms with E-state index < -0.39 is 0 Å². The molecule has 1 aromatic carbocycles. The van der Waals surface area contributed by atoms with Crippen molar-refractivity contribution >= 4 is 33.6 Å². The Morgan fingerprint density at radius 1 is 1.07 bits per heavy atom. The maximum Gasteiger partial charge on any atom is 0.257 e. The Labute approximate surface area is 176 Å². The molecule has 8 heteroatoms. The zero-order valence-corrected chi connectivity index (χ0v) is 17.2. The zero-order valence-electron chi connectivity index (χ0n) is 15.6. The Kier molecular flexibility index (Phi) is 5.71. The summed E-state index contributed by atoms with van der Waals surface area (Å²) >= 11 is 3.33. The lowest BCUT2D eigenvalue weighted by Crippen LogP contribution is -2.41. The molecule has 3 heterocycles. The van der Waals surface area contributed by atoms with Gasteiger partial charge in [0, 0.05) is 35.2 Å². The fourth-order valence-corrected chi connectivity index (χ4v) is 3.70. The Hall–Kier alpha value is -3.00. The van der Waals surface area contributed by atoms with Crippen molar-refractivity contribution in [1.29, 1.82) is 0 Å². The van der Waals surface area contributed by atoms with Crippen LogP contribution >= 0.6 is 15.9 Å². The number of halogens is 1. The van der Waals surface area contributed by atoms with E-state index in [1.165, 1.54) is 0 Å². The summed E-state index contributed by atoms with van der Waals surface area (Å²) < 4.78 is 0.858. The van der Waals surface area contributed by atoms with Crippen LogP contribution < -0.4 is 5.32 Å². The fraction of sp³-hybridized carbons (Fsp3) is 0.238. The van der Waals surface area contributed by atoms with Crippen LogP contribution in [0.25, 0.3) is 11.3 Å². The van der Waals surface area contributed by atoms with Gasteiger partial charge in [0.05, 0.1) is 17.5 Å². The Morgan fingerprint density at radius 3 is 2.52 bits per heavy atom. The first-order valence-corrected chi connectivity index (χ1v) is 10.2. The molecule has 4 rings (SSSR count). The van der Waals surface area contributed by atoms with Crippen molar-refractivity contribution < 1.29 is 9.59 Å². The lowest BCUT2D eigenvalue weighted by molar-refractivity contribution is -0.121. The lowest BCUT2D eigenvalue weighted by Gasteiger charge is -2.31. The number of rotatable bonds is 4. The predicted molar refractivity (Wildman–Crippen MR) is 113 cm³/mol. The Balaban J connectivity index is 1.37. The number of piperidine rings is 1. The molecule has 2 amide bonds. The van der Waals surface area contributed by atoms with Crippen molar-refractivity contribution in [2.24, 2.45) is 5.92 Å². The molecule has 148 valence electrons. The number of aromatic nitrogens is 3. The van der Waals surface area contributed by atoms with E-state index in [-0.39, 0.29) is 17.7 Å². The molecule has 3 aromatic rings. The average molecular weight is 454 g/mol. The van der Waals surface area contributed by atoms with E-state index in [0.717, 1.165) is 15.7 Å². The summed E-state index contributed by atoms with van der Waals surface area (Å²) in [5.41, 5.74) is 2.19. The van der Waals surface area contributed by atoms with Gasteiger partial charge in [-0.25, -0.2) is 4.98 Å². The second-order valence-electron chi connectivity index (χ2n) is 6.94. The maximum absolute atomic E-state index is 13.0. The largest absolute Gasteiger partial charge is 0.338 e. The van der Waals surface area contributed by atoms with E-state index in [2.05, 4.69) is 36.4 Å². The number of amides is 2. The number of nitrogens with zero attached hydrogens (tertiary/aromatic N) is 3. The smallest absolute Gasteiger partial charge is 0.257 e. The third-order valence-corrected chi connectivity index (χ3v) is 5.53. The van der Waals surface area contributed by atoms with Crippen molar-refractivity contribution in [3.63, 3.8) is 0 Å². The summed E-state index contributed by atoms with van der Waals surface area (Å²) in [5.74, 6) is 0.274. The average Bonchev–Trinajstić information content (AvgIpc) is 3.25. The Morgan fingerprint density at radius 2 is 1.83 bits per heavy atom. The van der Waals surface area contributed by atoms with E-state index >= 15 is 0 Å². The molecule has 1 saturated heterocycles. The molecular weight excluding hydrogens is 434 g/mol. The van der Waals surface area contributed by atoms with Gasteiger partial charge in [-0.3, -0.25) is 14.7 Å². The second-order valence-corrected chi connectivity index (χ2v) is 7.86. The molecule has 0 radical (unpaired) electrons. The molecule has 29 heavy (non-hydrogen) atoms. The van der Waals surface area contributed by atoms with Crippen LogP contribution in [0.3, 0.4) is 0 Å². The van der Waals surface area contributed by atoms with Gasteiger partial charge < -0.3 is 10.2 Å². The molecule has 2 aromatic heterocycles. The van der Waals surface area contributed by atoms with E-state index in [1.54, 1.807) is 23.4 Å². The van der Waals surface area contributed by atoms with Crippen LogP contribution in [-0.2, 0) is 4.79 Å². The first-order chi connectivity index (χ1) is 14.1. The fourth-order valence-electron chi connectivity index (χ4n) is 3.47. The normalized spacial score (nSPS) is 14.6. The number of pyridine rings is 1. The molecular formula is C21H20BrN5O2. The molecule has 0 saturated carbocycles. The number of hydrogen-bond donors (Lipinski definition) is 2. The van der Waals surface area contributed by atoms with Crippen LogP contribution in [-0.4, -0.2) is 45.0 Å². The third kappa shape index (κ3) is 4.37. The summed E-state index contributed by atoms with van der Waals surface area (Å²) in [4.78, 5) is 31.5. The minimum atomic E-state index is -0.137. The van der Waals surface area contributed by atoms with Gasteiger partial charge in [-0.2, -0.15) is 5.10 Å². The molecule has 0 spiro atoms. The topological polar surface area (TPSA) is 91.0 Å². The zero-order chi connectivity index (χ0) is 20.2. The summed E-state index contributed by atoms with van der Waals surface area (Å²) in [6.45, 7) is 1.06. The van der Waals surface area contributed by atoms with Crippen LogP contribution in [0.2, 0.25) is 0 Å². The molecule has 0 atom stereocenters. The third-order valence-electron chi connectivity index (χ3n) is 5.06. The monoisotopic (exact) mass is 453 g/mol. The van der Waals surface area contributed by atoms with Gasteiger partial charge in [0.25, 0.3) is 5.91 Å². The lowest BCUT2D eigenvalue weighted by atomic mass is 9.95. The highest BCUT2D eigenvalue weighted by Gasteiger charge is 2.29. The van der Waals surface area contributed by atoms with Gasteiger partial charge in [-0.05, 0) is 40.9 Å². The van der Waals surface area contributed by atoms with Crippen LogP contribution in [0, 0.1) is 5.92 Å². The molecule has 1 aliphatic rings. The summed E-state index contributed by atoms with van der Waals surface area (Å²) in [7, 11) is 0. The maximum atomic E-state index is 13.0. The summed E-state index contributed by atoms with van der Waals surface area (Å²) in [5, 5.41) is 9.84. The van der Waals surface area contributed by atoms with Crippen molar-refractivity contribution in [2.45, 2.75) is 12.8 Å². The van der Waals surface area contributed by atoms with E-state index in [9.17, 15) is 9.59 Å². The van der Waals surface area contributed by atoms with Crippen LogP contribution in [0.1, 0.15) is 23.2 Å². The van der Waals surface area contributed by atoms with E-state index in [4.69, 9.17) is 0 Å². The molecule has 7 nitrogen and oxygen atoms in total. The molecule has 2 N–H and O–H groups in total. The SMILES string of the molecule is O=C(Nc1ccc(Br)cn1)C1CCN(C(=O)c2cn[nH]c2-c2ccccc2)CC1. The number of nitrogens with one attached hydrogen (secondary N) is 2. The van der Waals surface area contributed by atoms with Gasteiger partial charge in [0.2, 0.25) is 5.91 Å². The van der Waals surface area contributed by atoms with Crippen molar-refractivity contribution in [3.8, 4) is 11.3 Å². The van der Waals surface area contributed by atoms with Crippen molar-refractivity contribution in [2.75, 3.05) is 18.4 Å². The van der Waals surface area contributed by atoms with E-state index in [1.807, 2.05) is 36.4 Å². The molecule has 1 aliphatic heterocycles. The number of aromatic amines is 1. The summed E-state index contributed by atoms with van der Waals surface area (Å²) in [6, 6.07) is 13.3. The van der Waals surface area contributed by atoms with Gasteiger partial charge in [0.1, 0.15) is 5.82 Å². The molecule has 0 aliphatic carbocycles. The van der Waals surface area contributed by atoms with Crippen LogP contribution in [0.4, 0.5) is 5.82 Å². The Bertz CT molecular complexity index is 995. The highest BCUT2D eigenvalue weighted by Crippen LogP contribution is 2.25. The number of H-pyrrole nitrogens is 1. The van der Waals surface area contributed by atoms with Gasteiger partial charge in [0.15, 0.2) is 0 Å². The number of carbonyl (C=O) groups is 2. The van der Waals surface area contributed by atoms with Crippen molar-refractivity contribution in [1.82, 2.24) is 20.1 Å². The minimum Gasteiger partial charge on any atom is -0.338 e. The molecule has 1 fully saturated rings. The van der Waals surface area contributed by atoms with Crippen LogP contribution in [0.5, 0.6) is 0 Å². The number of carbonyl (C=O) groups excluding carboxylic acids is 2. The van der Waals surface area contributed by atoms with Crippen molar-refractivity contribution in [3.05, 3.63) is 64.9 Å². The number of benzene rings is 1. The first kappa shape index (κ1) is 19.3. The summed E-state index contributed by atoms with van der Waals surface area (Å²) in [6.07, 6.45) is 4.45. The first-order valence-electron chi connectivity index (χ1n) is 9.42. The highest BCUT2D eigenvalue weighted by molar-refractivity contribution is 9.10. The molecule has 0 unspecified atom stereocenters. The van der Waals surface area contributed by atoms with Gasteiger partial charge in [-0.1, -0.05) is 30.3 Å². The van der Waals surface area contributed by atoms with Gasteiger partial charge in [-0.15, -0.1) is 0 Å². The number of likely N-dealkylation sites (tertiary alicyclic amines) is 1. The quantitative estimate of drug-likeness (QED) is 0.629. The number of anilines is 1. The number of hydrogen-bond acceptors (Lipinski definition) is 4. The van der Waals surface area contributed by atoms with E-state index in [0.29, 0.717) is 37.3 Å². The second kappa shape index (κ2) is 8.57. The van der Waals surface area contributed by atoms with Gasteiger partial charge >= 0.3 is 0 Å². The highest BCUT2D eigenvalue weighted by atomic mass is 79.9. The minimum absolute atomic E-state index is 0.0554.